The second-order valence-corrected chi connectivity index (χ2v) is 7.18. The molecule has 1 aliphatic rings. The molecular formula is C21H21N5O2. The van der Waals surface area contributed by atoms with E-state index >= 15 is 0 Å². The summed E-state index contributed by atoms with van der Waals surface area (Å²) in [6, 6.07) is 13.4. The van der Waals surface area contributed by atoms with E-state index in [2.05, 4.69) is 9.97 Å². The lowest BCUT2D eigenvalue weighted by Crippen LogP contribution is -2.27. The number of anilines is 1. The molecule has 7 heteroatoms. The molecule has 1 aliphatic heterocycles. The molecule has 0 fully saturated rings. The summed E-state index contributed by atoms with van der Waals surface area (Å²) in [7, 11) is 3.43. The summed E-state index contributed by atoms with van der Waals surface area (Å²) in [6.45, 7) is 1.08. The zero-order valence-corrected chi connectivity index (χ0v) is 15.8. The van der Waals surface area contributed by atoms with Crippen molar-refractivity contribution in [2.24, 2.45) is 0 Å². The van der Waals surface area contributed by atoms with Crippen LogP contribution in [0.2, 0.25) is 0 Å². The normalized spacial score (nSPS) is 12.9. The van der Waals surface area contributed by atoms with Crippen LogP contribution >= 0.6 is 0 Å². The summed E-state index contributed by atoms with van der Waals surface area (Å²) in [5, 5.41) is 0.610. The van der Waals surface area contributed by atoms with Gasteiger partial charge in [0.1, 0.15) is 5.69 Å². The standard InChI is InChI=1S/C21H21N5O2/c1-25(2)18(27)10-13-7-8-17-16(9-13)19(24-21(22)23-17)20(28)26-11-14-5-3-4-6-15(14)12-26/h3-9H,10-12H2,1-2H3,(H2,22,23,24). The molecule has 1 aromatic heterocycles. The number of aromatic nitrogens is 2. The van der Waals surface area contributed by atoms with Gasteiger partial charge in [-0.15, -0.1) is 0 Å². The molecule has 0 radical (unpaired) electrons. The van der Waals surface area contributed by atoms with Gasteiger partial charge in [-0.25, -0.2) is 9.97 Å². The first-order valence-electron chi connectivity index (χ1n) is 9.05. The predicted molar refractivity (Wildman–Crippen MR) is 106 cm³/mol. The highest BCUT2D eigenvalue weighted by Gasteiger charge is 2.26. The minimum Gasteiger partial charge on any atom is -0.368 e. The van der Waals surface area contributed by atoms with Crippen molar-refractivity contribution in [3.05, 3.63) is 64.8 Å². The third kappa shape index (κ3) is 3.26. The average Bonchev–Trinajstić information content (AvgIpc) is 3.11. The Morgan fingerprint density at radius 3 is 2.39 bits per heavy atom. The minimum absolute atomic E-state index is 0.0152. The number of fused-ring (bicyclic) bond motifs is 2. The van der Waals surface area contributed by atoms with Gasteiger partial charge in [0.25, 0.3) is 5.91 Å². The largest absolute Gasteiger partial charge is 0.368 e. The van der Waals surface area contributed by atoms with Crippen LogP contribution in [0.5, 0.6) is 0 Å². The molecule has 0 saturated carbocycles. The fraction of sp³-hybridized carbons (Fsp3) is 0.238. The van der Waals surface area contributed by atoms with Crippen molar-refractivity contribution in [3.8, 4) is 0 Å². The van der Waals surface area contributed by atoms with E-state index in [1.165, 1.54) is 4.90 Å². The second kappa shape index (κ2) is 6.92. The number of rotatable bonds is 3. The third-order valence-corrected chi connectivity index (χ3v) is 4.96. The van der Waals surface area contributed by atoms with Crippen LogP contribution < -0.4 is 5.73 Å². The van der Waals surface area contributed by atoms with Gasteiger partial charge in [-0.1, -0.05) is 30.3 Å². The summed E-state index contributed by atoms with van der Waals surface area (Å²) in [5.74, 6) is -0.144. The lowest BCUT2D eigenvalue weighted by molar-refractivity contribution is -0.127. The Kier molecular flexibility index (Phi) is 4.43. The van der Waals surface area contributed by atoms with Crippen molar-refractivity contribution in [2.75, 3.05) is 19.8 Å². The van der Waals surface area contributed by atoms with E-state index in [9.17, 15) is 9.59 Å². The van der Waals surface area contributed by atoms with E-state index in [-0.39, 0.29) is 29.9 Å². The molecule has 2 heterocycles. The van der Waals surface area contributed by atoms with Crippen LogP contribution in [0, 0.1) is 0 Å². The zero-order valence-electron chi connectivity index (χ0n) is 15.8. The smallest absolute Gasteiger partial charge is 0.273 e. The number of amides is 2. The van der Waals surface area contributed by atoms with Gasteiger partial charge in [0, 0.05) is 32.6 Å². The van der Waals surface area contributed by atoms with Crippen molar-refractivity contribution in [1.29, 1.82) is 0 Å². The summed E-state index contributed by atoms with van der Waals surface area (Å²) < 4.78 is 0. The van der Waals surface area contributed by atoms with Gasteiger partial charge >= 0.3 is 0 Å². The highest BCUT2D eigenvalue weighted by molar-refractivity contribution is 6.05. The number of nitrogens with two attached hydrogens (primary N) is 1. The van der Waals surface area contributed by atoms with Crippen molar-refractivity contribution in [2.45, 2.75) is 19.5 Å². The average molecular weight is 375 g/mol. The topological polar surface area (TPSA) is 92.4 Å². The van der Waals surface area contributed by atoms with Gasteiger partial charge in [-0.05, 0) is 28.8 Å². The number of hydrogen-bond acceptors (Lipinski definition) is 5. The molecule has 28 heavy (non-hydrogen) atoms. The molecule has 7 nitrogen and oxygen atoms in total. The maximum Gasteiger partial charge on any atom is 0.273 e. The van der Waals surface area contributed by atoms with Crippen molar-refractivity contribution in [1.82, 2.24) is 19.8 Å². The molecule has 0 bridgehead atoms. The maximum absolute atomic E-state index is 13.2. The number of nitrogens with zero attached hydrogens (tertiary/aromatic N) is 4. The monoisotopic (exact) mass is 375 g/mol. The number of hydrogen-bond donors (Lipinski definition) is 1. The van der Waals surface area contributed by atoms with Gasteiger partial charge in [-0.3, -0.25) is 9.59 Å². The second-order valence-electron chi connectivity index (χ2n) is 7.18. The first-order valence-corrected chi connectivity index (χ1v) is 9.05. The molecule has 2 aromatic carbocycles. The molecule has 0 saturated heterocycles. The fourth-order valence-electron chi connectivity index (χ4n) is 3.43. The minimum atomic E-state index is -0.189. The van der Waals surface area contributed by atoms with Crippen LogP contribution in [0.1, 0.15) is 27.2 Å². The SMILES string of the molecule is CN(C)C(=O)Cc1ccc2nc(N)nc(C(=O)N3Cc4ccccc4C3)c2c1. The van der Waals surface area contributed by atoms with Crippen LogP contribution in [0.4, 0.5) is 5.95 Å². The van der Waals surface area contributed by atoms with Gasteiger partial charge in [0.2, 0.25) is 11.9 Å². The third-order valence-electron chi connectivity index (χ3n) is 4.96. The zero-order chi connectivity index (χ0) is 19.8. The molecule has 2 amide bonds. The lowest BCUT2D eigenvalue weighted by atomic mass is 10.1. The van der Waals surface area contributed by atoms with E-state index < -0.39 is 0 Å². The first kappa shape index (κ1) is 17.9. The maximum atomic E-state index is 13.2. The van der Waals surface area contributed by atoms with Crippen molar-refractivity contribution >= 4 is 28.7 Å². The van der Waals surface area contributed by atoms with Gasteiger partial charge in [0.05, 0.1) is 11.9 Å². The Balaban J connectivity index is 1.71. The molecule has 0 aliphatic carbocycles. The Bertz CT molecular complexity index is 1070. The van der Waals surface area contributed by atoms with Gasteiger partial charge in [-0.2, -0.15) is 0 Å². The van der Waals surface area contributed by atoms with Gasteiger partial charge in [0.15, 0.2) is 0 Å². The van der Waals surface area contributed by atoms with E-state index in [0.29, 0.717) is 24.0 Å². The van der Waals surface area contributed by atoms with Crippen molar-refractivity contribution in [3.63, 3.8) is 0 Å². The van der Waals surface area contributed by atoms with Crippen molar-refractivity contribution < 1.29 is 9.59 Å². The van der Waals surface area contributed by atoms with E-state index in [0.717, 1.165) is 16.7 Å². The Labute approximate surface area is 162 Å². The van der Waals surface area contributed by atoms with E-state index in [1.807, 2.05) is 36.4 Å². The molecule has 0 atom stereocenters. The molecule has 4 rings (SSSR count). The molecule has 0 spiro atoms. The number of nitrogen functional groups attached to an aromatic ring is 1. The Morgan fingerprint density at radius 2 is 1.75 bits per heavy atom. The summed E-state index contributed by atoms with van der Waals surface area (Å²) in [5.41, 5.74) is 9.79. The van der Waals surface area contributed by atoms with Crippen LogP contribution in [0.15, 0.2) is 42.5 Å². The number of carbonyl (C=O) groups is 2. The van der Waals surface area contributed by atoms with Crippen LogP contribution in [-0.4, -0.2) is 45.7 Å². The highest BCUT2D eigenvalue weighted by atomic mass is 16.2. The van der Waals surface area contributed by atoms with Crippen LogP contribution in [-0.2, 0) is 24.3 Å². The number of likely N-dealkylation sites (N-methyl/N-ethyl adjacent to an activating group) is 1. The molecule has 0 unspecified atom stereocenters. The highest BCUT2D eigenvalue weighted by Crippen LogP contribution is 2.26. The number of benzene rings is 2. The first-order chi connectivity index (χ1) is 13.4. The summed E-state index contributed by atoms with van der Waals surface area (Å²) in [6.07, 6.45) is 0.246. The van der Waals surface area contributed by atoms with Crippen LogP contribution in [0.3, 0.4) is 0 Å². The van der Waals surface area contributed by atoms with Crippen LogP contribution in [0.25, 0.3) is 10.9 Å². The Morgan fingerprint density at radius 1 is 1.07 bits per heavy atom. The molecular weight excluding hydrogens is 354 g/mol. The molecule has 142 valence electrons. The summed E-state index contributed by atoms with van der Waals surface area (Å²) in [4.78, 5) is 37.1. The number of carbonyl (C=O) groups excluding carboxylic acids is 2. The molecule has 3 aromatic rings. The predicted octanol–water partition coefficient (Wildman–Crippen LogP) is 2.00. The quantitative estimate of drug-likeness (QED) is 0.756. The Hall–Kier alpha value is -3.48. The molecule has 2 N–H and O–H groups in total. The van der Waals surface area contributed by atoms with Gasteiger partial charge < -0.3 is 15.5 Å². The lowest BCUT2D eigenvalue weighted by Gasteiger charge is -2.17. The fourth-order valence-corrected chi connectivity index (χ4v) is 3.43. The van der Waals surface area contributed by atoms with E-state index in [1.54, 1.807) is 25.1 Å². The summed E-state index contributed by atoms with van der Waals surface area (Å²) >= 11 is 0. The van der Waals surface area contributed by atoms with E-state index in [4.69, 9.17) is 5.73 Å².